The third kappa shape index (κ3) is 2.46. The van der Waals surface area contributed by atoms with Gasteiger partial charge in [-0.25, -0.2) is 9.67 Å². The first-order valence-corrected chi connectivity index (χ1v) is 6.12. The zero-order valence-electron chi connectivity index (χ0n) is 11.2. The molecule has 0 radical (unpaired) electrons. The standard InChI is InChI=1S/C13H19N3O2/c1-8(2)16-13(14-7-15-16)6-12(17)11-5-9(3)18-10(11)4/h5,7-8,12,17H,6H2,1-4H3. The van der Waals surface area contributed by atoms with Gasteiger partial charge in [0.25, 0.3) is 0 Å². The summed E-state index contributed by atoms with van der Waals surface area (Å²) in [5.41, 5.74) is 0.825. The summed E-state index contributed by atoms with van der Waals surface area (Å²) in [7, 11) is 0. The fraction of sp³-hybridized carbons (Fsp3) is 0.538. The number of hydrogen-bond donors (Lipinski definition) is 1. The quantitative estimate of drug-likeness (QED) is 0.903. The van der Waals surface area contributed by atoms with Gasteiger partial charge in [-0.3, -0.25) is 0 Å². The summed E-state index contributed by atoms with van der Waals surface area (Å²) in [6, 6.07) is 2.11. The number of aliphatic hydroxyl groups excluding tert-OH is 1. The van der Waals surface area contributed by atoms with E-state index >= 15 is 0 Å². The normalized spacial score (nSPS) is 13.2. The molecule has 0 aliphatic heterocycles. The second-order valence-corrected chi connectivity index (χ2v) is 4.80. The van der Waals surface area contributed by atoms with Gasteiger partial charge in [0.2, 0.25) is 0 Å². The Morgan fingerprint density at radius 1 is 1.39 bits per heavy atom. The highest BCUT2D eigenvalue weighted by Gasteiger charge is 2.18. The van der Waals surface area contributed by atoms with Crippen molar-refractivity contribution in [1.29, 1.82) is 0 Å². The van der Waals surface area contributed by atoms with Crippen LogP contribution in [0.5, 0.6) is 0 Å². The van der Waals surface area contributed by atoms with E-state index < -0.39 is 6.10 Å². The third-order valence-corrected chi connectivity index (χ3v) is 2.95. The molecule has 2 heterocycles. The number of rotatable bonds is 4. The van der Waals surface area contributed by atoms with Gasteiger partial charge in [0.15, 0.2) is 0 Å². The molecule has 0 aliphatic carbocycles. The van der Waals surface area contributed by atoms with Gasteiger partial charge >= 0.3 is 0 Å². The Morgan fingerprint density at radius 3 is 2.67 bits per heavy atom. The van der Waals surface area contributed by atoms with Gasteiger partial charge in [0.1, 0.15) is 23.7 Å². The van der Waals surface area contributed by atoms with Crippen LogP contribution in [0.2, 0.25) is 0 Å². The first kappa shape index (κ1) is 12.8. The number of furan rings is 1. The summed E-state index contributed by atoms with van der Waals surface area (Å²) in [5.74, 6) is 2.36. The van der Waals surface area contributed by atoms with E-state index in [1.165, 1.54) is 6.33 Å². The molecule has 2 aromatic rings. The molecule has 2 aromatic heterocycles. The highest BCUT2D eigenvalue weighted by Crippen LogP contribution is 2.24. The van der Waals surface area contributed by atoms with Gasteiger partial charge in [0.05, 0.1) is 6.10 Å². The molecule has 0 amide bonds. The SMILES string of the molecule is Cc1cc(C(O)Cc2ncnn2C(C)C)c(C)o1. The largest absolute Gasteiger partial charge is 0.466 e. The number of hydrogen-bond acceptors (Lipinski definition) is 4. The molecule has 0 saturated carbocycles. The molecule has 0 aromatic carbocycles. The Kier molecular flexibility index (Phi) is 3.52. The predicted octanol–water partition coefficient (Wildman–Crippen LogP) is 2.34. The van der Waals surface area contributed by atoms with E-state index in [0.29, 0.717) is 6.42 Å². The molecule has 0 aliphatic rings. The lowest BCUT2D eigenvalue weighted by molar-refractivity contribution is 0.171. The molecule has 0 spiro atoms. The lowest BCUT2D eigenvalue weighted by atomic mass is 10.1. The maximum absolute atomic E-state index is 10.3. The van der Waals surface area contributed by atoms with Crippen LogP contribution in [0.3, 0.4) is 0 Å². The van der Waals surface area contributed by atoms with E-state index in [1.807, 2.05) is 38.4 Å². The number of aliphatic hydroxyl groups is 1. The molecule has 98 valence electrons. The minimum absolute atomic E-state index is 0.238. The van der Waals surface area contributed by atoms with Crippen molar-refractivity contribution in [2.45, 2.75) is 46.3 Å². The summed E-state index contributed by atoms with van der Waals surface area (Å²) in [6.07, 6.45) is 1.36. The Hall–Kier alpha value is -1.62. The third-order valence-electron chi connectivity index (χ3n) is 2.95. The van der Waals surface area contributed by atoms with Crippen molar-refractivity contribution in [2.24, 2.45) is 0 Å². The lowest BCUT2D eigenvalue weighted by Gasteiger charge is -2.12. The van der Waals surface area contributed by atoms with Gasteiger partial charge in [-0.05, 0) is 33.8 Å². The minimum atomic E-state index is -0.607. The van der Waals surface area contributed by atoms with Crippen molar-refractivity contribution in [1.82, 2.24) is 14.8 Å². The average molecular weight is 249 g/mol. The van der Waals surface area contributed by atoms with Gasteiger partial charge < -0.3 is 9.52 Å². The molecule has 1 unspecified atom stereocenters. The zero-order valence-corrected chi connectivity index (χ0v) is 11.2. The summed E-state index contributed by atoms with van der Waals surface area (Å²) < 4.78 is 7.25. The van der Waals surface area contributed by atoms with Crippen LogP contribution >= 0.6 is 0 Å². The zero-order chi connectivity index (χ0) is 13.3. The number of aryl methyl sites for hydroxylation is 2. The minimum Gasteiger partial charge on any atom is -0.466 e. The van der Waals surface area contributed by atoms with E-state index in [4.69, 9.17) is 4.42 Å². The van der Waals surface area contributed by atoms with Crippen molar-refractivity contribution >= 4 is 0 Å². The van der Waals surface area contributed by atoms with Crippen LogP contribution in [0.25, 0.3) is 0 Å². The topological polar surface area (TPSA) is 64.1 Å². The second kappa shape index (κ2) is 4.94. The Labute approximate surface area is 106 Å². The number of nitrogens with zero attached hydrogens (tertiary/aromatic N) is 3. The van der Waals surface area contributed by atoms with E-state index in [1.54, 1.807) is 0 Å². The maximum atomic E-state index is 10.3. The molecule has 1 atom stereocenters. The maximum Gasteiger partial charge on any atom is 0.138 e. The van der Waals surface area contributed by atoms with Gasteiger partial charge in [-0.1, -0.05) is 0 Å². The van der Waals surface area contributed by atoms with Crippen LogP contribution in [0, 0.1) is 13.8 Å². The summed E-state index contributed by atoms with van der Waals surface area (Å²) >= 11 is 0. The Balaban J connectivity index is 2.18. The van der Waals surface area contributed by atoms with E-state index in [-0.39, 0.29) is 6.04 Å². The summed E-state index contributed by atoms with van der Waals surface area (Å²) in [6.45, 7) is 7.81. The van der Waals surface area contributed by atoms with Gasteiger partial charge in [-0.15, -0.1) is 0 Å². The predicted molar refractivity (Wildman–Crippen MR) is 67.3 cm³/mol. The monoisotopic (exact) mass is 249 g/mol. The van der Waals surface area contributed by atoms with Crippen LogP contribution in [0.4, 0.5) is 0 Å². The first-order chi connectivity index (χ1) is 8.49. The number of aromatic nitrogens is 3. The highest BCUT2D eigenvalue weighted by atomic mass is 16.3. The smallest absolute Gasteiger partial charge is 0.138 e. The van der Waals surface area contributed by atoms with Gasteiger partial charge in [-0.2, -0.15) is 5.10 Å². The van der Waals surface area contributed by atoms with Crippen molar-refractivity contribution < 1.29 is 9.52 Å². The van der Waals surface area contributed by atoms with Crippen LogP contribution in [0.15, 0.2) is 16.8 Å². The molecule has 18 heavy (non-hydrogen) atoms. The molecule has 0 bridgehead atoms. The van der Waals surface area contributed by atoms with E-state index in [0.717, 1.165) is 22.9 Å². The van der Waals surface area contributed by atoms with Crippen molar-refractivity contribution in [3.8, 4) is 0 Å². The molecule has 1 N–H and O–H groups in total. The van der Waals surface area contributed by atoms with Crippen molar-refractivity contribution in [2.75, 3.05) is 0 Å². The van der Waals surface area contributed by atoms with Crippen LogP contribution in [-0.4, -0.2) is 19.9 Å². The van der Waals surface area contributed by atoms with Crippen LogP contribution in [0.1, 0.15) is 48.9 Å². The summed E-state index contributed by atoms with van der Waals surface area (Å²) in [4.78, 5) is 4.20. The lowest BCUT2D eigenvalue weighted by Crippen LogP contribution is -2.12. The molecule has 5 heteroatoms. The molecule has 0 saturated heterocycles. The summed E-state index contributed by atoms with van der Waals surface area (Å²) in [5, 5.41) is 14.4. The fourth-order valence-corrected chi connectivity index (χ4v) is 2.12. The molecule has 2 rings (SSSR count). The molecular weight excluding hydrogens is 230 g/mol. The van der Waals surface area contributed by atoms with Crippen LogP contribution in [-0.2, 0) is 6.42 Å². The average Bonchev–Trinajstić information content (AvgIpc) is 2.85. The highest BCUT2D eigenvalue weighted by molar-refractivity contribution is 5.23. The van der Waals surface area contributed by atoms with E-state index in [2.05, 4.69) is 10.1 Å². The Morgan fingerprint density at radius 2 is 2.11 bits per heavy atom. The molecule has 5 nitrogen and oxygen atoms in total. The molecule has 0 fully saturated rings. The van der Waals surface area contributed by atoms with Crippen LogP contribution < -0.4 is 0 Å². The van der Waals surface area contributed by atoms with Crippen molar-refractivity contribution in [3.63, 3.8) is 0 Å². The second-order valence-electron chi connectivity index (χ2n) is 4.80. The van der Waals surface area contributed by atoms with Gasteiger partial charge in [0, 0.05) is 18.0 Å². The first-order valence-electron chi connectivity index (χ1n) is 6.12. The van der Waals surface area contributed by atoms with Crippen molar-refractivity contribution in [3.05, 3.63) is 35.3 Å². The van der Waals surface area contributed by atoms with E-state index in [9.17, 15) is 5.11 Å². The molecular formula is C13H19N3O2. The Bertz CT molecular complexity index is 528. The fourth-order valence-electron chi connectivity index (χ4n) is 2.12.